The second-order valence-electron chi connectivity index (χ2n) is 7.79. The van der Waals surface area contributed by atoms with E-state index >= 15 is 0 Å². The number of pyridine rings is 1. The standard InChI is InChI=1S/C26H21N3O6S/c1-2-33-25(31)22-19(28-26(32)29-23(22)21-10-6-12-36-21)14-35-24(30)16-13-18(20-9-5-11-34-20)27-17-8-4-3-7-15(16)17/h3-13,23H,2,14H2,1H3,(H2,28,29,32). The lowest BCUT2D eigenvalue weighted by molar-refractivity contribution is -0.139. The van der Waals surface area contributed by atoms with Gasteiger partial charge in [0.1, 0.15) is 12.3 Å². The third-order valence-corrected chi connectivity index (χ3v) is 6.47. The van der Waals surface area contributed by atoms with Crippen LogP contribution in [-0.2, 0) is 14.3 Å². The van der Waals surface area contributed by atoms with Crippen molar-refractivity contribution < 1.29 is 28.3 Å². The number of aromatic nitrogens is 1. The number of nitrogens with one attached hydrogen (secondary N) is 2. The molecule has 182 valence electrons. The van der Waals surface area contributed by atoms with E-state index in [1.165, 1.54) is 17.6 Å². The molecule has 10 heteroatoms. The molecule has 0 radical (unpaired) electrons. The van der Waals surface area contributed by atoms with Crippen molar-refractivity contribution in [3.63, 3.8) is 0 Å². The summed E-state index contributed by atoms with van der Waals surface area (Å²) >= 11 is 1.39. The number of urea groups is 1. The molecule has 1 aromatic carbocycles. The Morgan fingerprint density at radius 3 is 2.69 bits per heavy atom. The number of nitrogens with zero attached hydrogens (tertiary/aromatic N) is 1. The van der Waals surface area contributed by atoms with Crippen LogP contribution in [0.25, 0.3) is 22.4 Å². The van der Waals surface area contributed by atoms with Gasteiger partial charge in [0.25, 0.3) is 0 Å². The molecule has 2 N–H and O–H groups in total. The molecule has 1 unspecified atom stereocenters. The summed E-state index contributed by atoms with van der Waals surface area (Å²) in [4.78, 5) is 43.9. The molecule has 4 aromatic rings. The van der Waals surface area contributed by atoms with Gasteiger partial charge >= 0.3 is 18.0 Å². The van der Waals surface area contributed by atoms with Crippen molar-refractivity contribution in [3.05, 3.63) is 88.0 Å². The first kappa shape index (κ1) is 23.3. The maximum absolute atomic E-state index is 13.3. The molecule has 1 aliphatic rings. The molecule has 36 heavy (non-hydrogen) atoms. The van der Waals surface area contributed by atoms with Crippen molar-refractivity contribution in [3.8, 4) is 11.5 Å². The van der Waals surface area contributed by atoms with Crippen molar-refractivity contribution in [2.45, 2.75) is 13.0 Å². The van der Waals surface area contributed by atoms with Crippen LogP contribution in [0.3, 0.4) is 0 Å². The summed E-state index contributed by atoms with van der Waals surface area (Å²) in [5.41, 5.74) is 1.69. The number of hydrogen-bond donors (Lipinski definition) is 2. The van der Waals surface area contributed by atoms with Gasteiger partial charge < -0.3 is 24.5 Å². The summed E-state index contributed by atoms with van der Waals surface area (Å²) in [6, 6.07) is 14.7. The minimum Gasteiger partial charge on any atom is -0.463 e. The summed E-state index contributed by atoms with van der Waals surface area (Å²) in [5.74, 6) is -0.743. The van der Waals surface area contributed by atoms with E-state index in [1.54, 1.807) is 43.3 Å². The molecular weight excluding hydrogens is 482 g/mol. The highest BCUT2D eigenvalue weighted by molar-refractivity contribution is 7.10. The van der Waals surface area contributed by atoms with Crippen LogP contribution in [0.15, 0.2) is 81.9 Å². The molecular formula is C26H21N3O6S. The number of esters is 2. The second-order valence-corrected chi connectivity index (χ2v) is 8.76. The number of hydrogen-bond acceptors (Lipinski definition) is 8. The Kier molecular flexibility index (Phi) is 6.50. The Hall–Kier alpha value is -4.44. The fraction of sp³-hybridized carbons (Fsp3) is 0.154. The molecule has 0 spiro atoms. The number of carbonyl (C=O) groups excluding carboxylic acids is 3. The lowest BCUT2D eigenvalue weighted by atomic mass is 10.0. The monoisotopic (exact) mass is 503 g/mol. The number of amides is 2. The molecule has 1 atom stereocenters. The first-order chi connectivity index (χ1) is 17.5. The summed E-state index contributed by atoms with van der Waals surface area (Å²) < 4.78 is 16.3. The highest BCUT2D eigenvalue weighted by atomic mass is 32.1. The minimum atomic E-state index is -0.723. The smallest absolute Gasteiger partial charge is 0.339 e. The predicted octanol–water partition coefficient (Wildman–Crippen LogP) is 4.58. The van der Waals surface area contributed by atoms with E-state index in [1.807, 2.05) is 23.6 Å². The van der Waals surface area contributed by atoms with E-state index in [4.69, 9.17) is 13.9 Å². The third kappa shape index (κ3) is 4.58. The number of thiophene rings is 1. The van der Waals surface area contributed by atoms with E-state index in [0.717, 1.165) is 4.88 Å². The fourth-order valence-electron chi connectivity index (χ4n) is 3.96. The first-order valence-electron chi connectivity index (χ1n) is 11.2. The third-order valence-electron chi connectivity index (χ3n) is 5.53. The second kappa shape index (κ2) is 10.0. The summed E-state index contributed by atoms with van der Waals surface area (Å²) in [5, 5.41) is 7.80. The topological polar surface area (TPSA) is 120 Å². The van der Waals surface area contributed by atoms with Gasteiger partial charge in [-0.2, -0.15) is 0 Å². The SMILES string of the molecule is CCOC(=O)C1=C(COC(=O)c2cc(-c3ccco3)nc3ccccc23)NC(=O)NC1c1cccs1. The van der Waals surface area contributed by atoms with Crippen molar-refractivity contribution >= 4 is 40.2 Å². The van der Waals surface area contributed by atoms with Gasteiger partial charge in [-0.05, 0) is 42.6 Å². The number of furan rings is 1. The number of fused-ring (bicyclic) bond motifs is 1. The zero-order valence-electron chi connectivity index (χ0n) is 19.1. The lowest BCUT2D eigenvalue weighted by Gasteiger charge is -2.28. The van der Waals surface area contributed by atoms with Gasteiger partial charge in [-0.1, -0.05) is 24.3 Å². The van der Waals surface area contributed by atoms with Gasteiger partial charge in [-0.3, -0.25) is 0 Å². The van der Waals surface area contributed by atoms with Gasteiger partial charge in [0.2, 0.25) is 0 Å². The molecule has 0 fully saturated rings. The van der Waals surface area contributed by atoms with E-state index in [9.17, 15) is 14.4 Å². The number of ether oxygens (including phenoxy) is 2. The molecule has 0 saturated carbocycles. The molecule has 0 aliphatic carbocycles. The maximum Gasteiger partial charge on any atom is 0.339 e. The Morgan fingerprint density at radius 1 is 1.08 bits per heavy atom. The van der Waals surface area contributed by atoms with Crippen molar-refractivity contribution in [2.24, 2.45) is 0 Å². The van der Waals surface area contributed by atoms with Gasteiger partial charge in [-0.15, -0.1) is 11.3 Å². The van der Waals surface area contributed by atoms with E-state index in [0.29, 0.717) is 22.4 Å². The Bertz CT molecular complexity index is 1460. The molecule has 0 bridgehead atoms. The summed E-state index contributed by atoms with van der Waals surface area (Å²) in [6.07, 6.45) is 1.53. The van der Waals surface area contributed by atoms with Crippen LogP contribution in [0.5, 0.6) is 0 Å². The Morgan fingerprint density at radius 2 is 1.94 bits per heavy atom. The molecule has 9 nitrogen and oxygen atoms in total. The van der Waals surface area contributed by atoms with Crippen LogP contribution >= 0.6 is 11.3 Å². The lowest BCUT2D eigenvalue weighted by Crippen LogP contribution is -2.46. The van der Waals surface area contributed by atoms with Crippen LogP contribution < -0.4 is 10.6 Å². The van der Waals surface area contributed by atoms with E-state index < -0.39 is 24.0 Å². The molecule has 1 aliphatic heterocycles. The quantitative estimate of drug-likeness (QED) is 0.354. The number of rotatable bonds is 7. The zero-order valence-corrected chi connectivity index (χ0v) is 20.0. The first-order valence-corrected chi connectivity index (χ1v) is 12.0. The van der Waals surface area contributed by atoms with Gasteiger partial charge in [-0.25, -0.2) is 19.4 Å². The summed E-state index contributed by atoms with van der Waals surface area (Å²) in [6.45, 7) is 1.51. The number of para-hydroxylation sites is 1. The largest absolute Gasteiger partial charge is 0.463 e. The van der Waals surface area contributed by atoms with Gasteiger partial charge in [0.05, 0.1) is 41.3 Å². The van der Waals surface area contributed by atoms with E-state index in [-0.39, 0.29) is 30.0 Å². The normalized spacial score (nSPS) is 15.4. The molecule has 0 saturated heterocycles. The predicted molar refractivity (Wildman–Crippen MR) is 132 cm³/mol. The van der Waals surface area contributed by atoms with Crippen molar-refractivity contribution in [2.75, 3.05) is 13.2 Å². The molecule has 5 rings (SSSR count). The molecule has 4 heterocycles. The Balaban J connectivity index is 1.49. The van der Waals surface area contributed by atoms with Gasteiger partial charge in [0.15, 0.2) is 5.76 Å². The van der Waals surface area contributed by atoms with Crippen LogP contribution in [-0.4, -0.2) is 36.2 Å². The fourth-order valence-corrected chi connectivity index (χ4v) is 4.75. The van der Waals surface area contributed by atoms with Gasteiger partial charge in [0, 0.05) is 10.3 Å². The number of benzene rings is 1. The van der Waals surface area contributed by atoms with Crippen molar-refractivity contribution in [1.82, 2.24) is 15.6 Å². The minimum absolute atomic E-state index is 0.152. The average Bonchev–Trinajstić information content (AvgIpc) is 3.61. The van der Waals surface area contributed by atoms with E-state index in [2.05, 4.69) is 15.6 Å². The molecule has 3 aromatic heterocycles. The molecule has 2 amide bonds. The zero-order chi connectivity index (χ0) is 25.1. The van der Waals surface area contributed by atoms with Crippen LogP contribution in [0.1, 0.15) is 28.2 Å². The van der Waals surface area contributed by atoms with Crippen molar-refractivity contribution in [1.29, 1.82) is 0 Å². The maximum atomic E-state index is 13.3. The average molecular weight is 504 g/mol. The van der Waals surface area contributed by atoms with Crippen LogP contribution in [0.2, 0.25) is 0 Å². The number of carbonyl (C=O) groups is 3. The van der Waals surface area contributed by atoms with Crippen LogP contribution in [0, 0.1) is 0 Å². The highest BCUT2D eigenvalue weighted by Gasteiger charge is 2.35. The highest BCUT2D eigenvalue weighted by Crippen LogP contribution is 2.31. The van der Waals surface area contributed by atoms with Crippen LogP contribution in [0.4, 0.5) is 4.79 Å². The summed E-state index contributed by atoms with van der Waals surface area (Å²) in [7, 11) is 0. The Labute approximate surface area is 209 Å².